The molecular formula is C14H22O2. The smallest absolute Gasteiger partial charge is 0.187 e. The molecule has 3 atom stereocenters. The Balaban J connectivity index is 2.44. The van der Waals surface area contributed by atoms with Gasteiger partial charge in [0, 0.05) is 5.41 Å². The van der Waals surface area contributed by atoms with Gasteiger partial charge in [0.05, 0.1) is 0 Å². The summed E-state index contributed by atoms with van der Waals surface area (Å²) >= 11 is 0. The van der Waals surface area contributed by atoms with Crippen molar-refractivity contribution in [1.29, 1.82) is 0 Å². The second-order valence-corrected chi connectivity index (χ2v) is 6.22. The van der Waals surface area contributed by atoms with Crippen molar-refractivity contribution in [3.05, 3.63) is 12.2 Å². The zero-order valence-electron chi connectivity index (χ0n) is 10.7. The van der Waals surface area contributed by atoms with Gasteiger partial charge >= 0.3 is 0 Å². The van der Waals surface area contributed by atoms with Crippen LogP contribution in [0, 0.1) is 16.7 Å². The highest BCUT2D eigenvalue weighted by molar-refractivity contribution is 5.98. The lowest BCUT2D eigenvalue weighted by molar-refractivity contribution is -0.149. The van der Waals surface area contributed by atoms with Gasteiger partial charge in [0.2, 0.25) is 0 Å². The molecule has 2 saturated carbocycles. The molecule has 2 nitrogen and oxygen atoms in total. The van der Waals surface area contributed by atoms with Crippen LogP contribution >= 0.6 is 0 Å². The van der Waals surface area contributed by atoms with Gasteiger partial charge in [-0.15, -0.1) is 0 Å². The summed E-state index contributed by atoms with van der Waals surface area (Å²) < 4.78 is 0. The molecule has 0 radical (unpaired) electrons. The lowest BCUT2D eigenvalue weighted by Crippen LogP contribution is -2.52. The maximum atomic E-state index is 12.1. The predicted octanol–water partition coefficient (Wildman–Crippen LogP) is 2.71. The molecule has 0 aromatic carbocycles. The van der Waals surface area contributed by atoms with Gasteiger partial charge in [-0.1, -0.05) is 26.8 Å². The largest absolute Gasteiger partial charge is 0.381 e. The van der Waals surface area contributed by atoms with Crippen LogP contribution in [0.1, 0.15) is 47.0 Å². The molecule has 0 aromatic heterocycles. The second-order valence-electron chi connectivity index (χ2n) is 6.22. The van der Waals surface area contributed by atoms with Crippen LogP contribution in [0.2, 0.25) is 0 Å². The minimum Gasteiger partial charge on any atom is -0.381 e. The van der Waals surface area contributed by atoms with Crippen LogP contribution in [-0.4, -0.2) is 16.5 Å². The van der Waals surface area contributed by atoms with E-state index in [4.69, 9.17) is 0 Å². The van der Waals surface area contributed by atoms with Crippen molar-refractivity contribution < 1.29 is 9.90 Å². The van der Waals surface area contributed by atoms with Gasteiger partial charge in [0.15, 0.2) is 5.78 Å². The first-order chi connectivity index (χ1) is 7.29. The van der Waals surface area contributed by atoms with Gasteiger partial charge in [-0.25, -0.2) is 0 Å². The molecule has 2 heteroatoms. The molecule has 16 heavy (non-hydrogen) atoms. The summed E-state index contributed by atoms with van der Waals surface area (Å²) in [5.74, 6) is 0.379. The van der Waals surface area contributed by atoms with Crippen molar-refractivity contribution in [2.45, 2.75) is 52.6 Å². The molecule has 0 saturated heterocycles. The Bertz CT molecular complexity index is 356. The molecule has 0 amide bonds. The molecule has 2 bridgehead atoms. The Hall–Kier alpha value is -0.630. The van der Waals surface area contributed by atoms with E-state index in [-0.39, 0.29) is 16.6 Å². The minimum absolute atomic E-state index is 0.0684. The summed E-state index contributed by atoms with van der Waals surface area (Å²) in [5.41, 5.74) is -1.33. The monoisotopic (exact) mass is 222 g/mol. The zero-order chi connectivity index (χ0) is 12.2. The number of hydrogen-bond donors (Lipinski definition) is 1. The summed E-state index contributed by atoms with van der Waals surface area (Å²) in [4.78, 5) is 12.1. The van der Waals surface area contributed by atoms with Gasteiger partial charge in [-0.05, 0) is 43.6 Å². The van der Waals surface area contributed by atoms with E-state index in [0.717, 1.165) is 12.8 Å². The minimum atomic E-state index is -1.13. The van der Waals surface area contributed by atoms with Gasteiger partial charge < -0.3 is 5.11 Å². The molecule has 2 fully saturated rings. The first kappa shape index (κ1) is 11.8. The number of carbonyl (C=O) groups excluding carboxylic acids is 1. The van der Waals surface area contributed by atoms with Crippen molar-refractivity contribution >= 4 is 5.78 Å². The average molecular weight is 222 g/mol. The van der Waals surface area contributed by atoms with E-state index in [1.54, 1.807) is 6.08 Å². The Labute approximate surface area is 97.7 Å². The highest BCUT2D eigenvalue weighted by Crippen LogP contribution is 2.69. The van der Waals surface area contributed by atoms with Crippen molar-refractivity contribution in [2.24, 2.45) is 16.7 Å². The number of aliphatic hydroxyl groups is 1. The van der Waals surface area contributed by atoms with E-state index < -0.39 is 5.60 Å². The Morgan fingerprint density at radius 3 is 2.38 bits per heavy atom. The molecule has 2 rings (SSSR count). The van der Waals surface area contributed by atoms with E-state index in [0.29, 0.717) is 12.3 Å². The fourth-order valence-electron chi connectivity index (χ4n) is 3.94. The maximum Gasteiger partial charge on any atom is 0.187 e. The molecule has 0 aromatic rings. The van der Waals surface area contributed by atoms with Crippen LogP contribution in [-0.2, 0) is 4.79 Å². The number of rotatable bonds is 2. The standard InChI is InChI=1S/C14H22O2/c1-5-6-11(15)14(16)9-10-7-8-13(14,4)12(10,2)3/h5-6,10,16H,7-9H2,1-4H3/b6-5+/t10-,13-,14+/m1/s1. The predicted molar refractivity (Wildman–Crippen MR) is 64.0 cm³/mol. The van der Waals surface area contributed by atoms with E-state index in [1.165, 1.54) is 6.08 Å². The molecular weight excluding hydrogens is 200 g/mol. The second kappa shape index (κ2) is 3.19. The third-order valence-corrected chi connectivity index (χ3v) is 5.62. The lowest BCUT2D eigenvalue weighted by Gasteiger charge is -2.43. The van der Waals surface area contributed by atoms with Crippen LogP contribution in [0.4, 0.5) is 0 Å². The SMILES string of the molecule is C/C=C/C(=O)[C@@]1(O)C[C@H]2CC[C@]1(C)C2(C)C. The fraction of sp³-hybridized carbons (Fsp3) is 0.786. The molecule has 1 N–H and O–H groups in total. The fourth-order valence-corrected chi connectivity index (χ4v) is 3.94. The summed E-state index contributed by atoms with van der Waals surface area (Å²) in [6.45, 7) is 8.31. The first-order valence-corrected chi connectivity index (χ1v) is 6.19. The quantitative estimate of drug-likeness (QED) is 0.729. The van der Waals surface area contributed by atoms with Crippen molar-refractivity contribution in [3.63, 3.8) is 0 Å². The Kier molecular flexibility index (Phi) is 2.36. The first-order valence-electron chi connectivity index (χ1n) is 6.19. The number of fused-ring (bicyclic) bond motifs is 2. The van der Waals surface area contributed by atoms with Crippen molar-refractivity contribution in [3.8, 4) is 0 Å². The number of hydrogen-bond acceptors (Lipinski definition) is 2. The van der Waals surface area contributed by atoms with Crippen molar-refractivity contribution in [1.82, 2.24) is 0 Å². The molecule has 0 unspecified atom stereocenters. The molecule has 2 aliphatic rings. The number of ketones is 1. The van der Waals surface area contributed by atoms with Gasteiger partial charge in [0.25, 0.3) is 0 Å². The third-order valence-electron chi connectivity index (χ3n) is 5.62. The summed E-state index contributed by atoms with van der Waals surface area (Å²) in [6, 6.07) is 0. The van der Waals surface area contributed by atoms with Crippen LogP contribution in [0.5, 0.6) is 0 Å². The summed E-state index contributed by atoms with van der Waals surface area (Å²) in [6.07, 6.45) is 6.00. The van der Waals surface area contributed by atoms with Crippen LogP contribution in [0.25, 0.3) is 0 Å². The lowest BCUT2D eigenvalue weighted by atomic mass is 9.63. The summed E-state index contributed by atoms with van der Waals surface area (Å²) in [7, 11) is 0. The molecule has 0 heterocycles. The Morgan fingerprint density at radius 1 is 1.38 bits per heavy atom. The highest BCUT2D eigenvalue weighted by Gasteiger charge is 2.70. The number of allylic oxidation sites excluding steroid dienone is 1. The van der Waals surface area contributed by atoms with Crippen LogP contribution in [0.15, 0.2) is 12.2 Å². The van der Waals surface area contributed by atoms with E-state index in [9.17, 15) is 9.90 Å². The van der Waals surface area contributed by atoms with Crippen molar-refractivity contribution in [2.75, 3.05) is 0 Å². The highest BCUT2D eigenvalue weighted by atomic mass is 16.3. The number of carbonyl (C=O) groups is 1. The van der Waals surface area contributed by atoms with E-state index >= 15 is 0 Å². The van der Waals surface area contributed by atoms with Gasteiger partial charge in [-0.3, -0.25) is 4.79 Å². The molecule has 0 aliphatic heterocycles. The summed E-state index contributed by atoms with van der Waals surface area (Å²) in [5, 5.41) is 10.8. The molecule has 0 spiro atoms. The van der Waals surface area contributed by atoms with Gasteiger partial charge in [0.1, 0.15) is 5.60 Å². The normalized spacial score (nSPS) is 45.4. The average Bonchev–Trinajstić information content (AvgIpc) is 2.50. The maximum absolute atomic E-state index is 12.1. The molecule has 90 valence electrons. The molecule has 2 aliphatic carbocycles. The van der Waals surface area contributed by atoms with E-state index in [2.05, 4.69) is 20.8 Å². The van der Waals surface area contributed by atoms with Gasteiger partial charge in [-0.2, -0.15) is 0 Å². The van der Waals surface area contributed by atoms with Crippen LogP contribution < -0.4 is 0 Å². The van der Waals surface area contributed by atoms with E-state index in [1.807, 2.05) is 6.92 Å². The third kappa shape index (κ3) is 1.09. The topological polar surface area (TPSA) is 37.3 Å². The zero-order valence-corrected chi connectivity index (χ0v) is 10.7. The van der Waals surface area contributed by atoms with Crippen LogP contribution in [0.3, 0.4) is 0 Å². The Morgan fingerprint density at radius 2 is 2.00 bits per heavy atom.